The third-order valence-electron chi connectivity index (χ3n) is 0.450. The minimum atomic E-state index is -1.02. The van der Waals surface area contributed by atoms with Gasteiger partial charge in [0.1, 0.15) is 0 Å². The maximum atomic E-state index is 6.96. The van der Waals surface area contributed by atoms with Crippen molar-refractivity contribution in [1.82, 2.24) is 0 Å². The Morgan fingerprint density at radius 1 is 1.22 bits per heavy atom. The van der Waals surface area contributed by atoms with Crippen LogP contribution in [0.2, 0.25) is 0 Å². The van der Waals surface area contributed by atoms with Crippen molar-refractivity contribution >= 4 is 40.8 Å². The van der Waals surface area contributed by atoms with Gasteiger partial charge in [0, 0.05) is 29.6 Å². The number of nitrogens with one attached hydrogen (secondary N) is 1. The van der Waals surface area contributed by atoms with Crippen molar-refractivity contribution in [1.29, 1.82) is 4.78 Å². The van der Waals surface area contributed by atoms with Crippen LogP contribution in [-0.2, 0) is 19.6 Å². The normalized spacial score (nSPS) is 9.22. The van der Waals surface area contributed by atoms with Crippen molar-refractivity contribution in [3.05, 3.63) is 0 Å². The van der Waals surface area contributed by atoms with Crippen LogP contribution in [0.1, 0.15) is 13.8 Å². The van der Waals surface area contributed by atoms with E-state index in [0.717, 1.165) is 0 Å². The van der Waals surface area contributed by atoms with Crippen LogP contribution in [-0.4, -0.2) is 42.8 Å². The maximum absolute atomic E-state index is 6.96. The molecule has 9 heavy (non-hydrogen) atoms. The molecule has 0 atom stereocenters. The van der Waals surface area contributed by atoms with Gasteiger partial charge in [-0.3, -0.25) is 8.37 Å². The van der Waals surface area contributed by atoms with E-state index < -0.39 is 11.3 Å². The van der Waals surface area contributed by atoms with Crippen molar-refractivity contribution in [2.24, 2.45) is 0 Å². The molecular formula is C4H11NNaO2S. The van der Waals surface area contributed by atoms with E-state index in [1.54, 1.807) is 0 Å². The minimum Gasteiger partial charge on any atom is -0.285 e. The molecule has 51 valence electrons. The van der Waals surface area contributed by atoms with Gasteiger partial charge in [-0.15, -0.1) is 0 Å². The van der Waals surface area contributed by atoms with E-state index in [0.29, 0.717) is 13.2 Å². The smallest absolute Gasteiger partial charge is 0.173 e. The predicted octanol–water partition coefficient (Wildman–Crippen LogP) is 0.889. The van der Waals surface area contributed by atoms with Crippen LogP contribution in [0.5, 0.6) is 0 Å². The van der Waals surface area contributed by atoms with E-state index in [1.807, 2.05) is 13.8 Å². The molecule has 0 fully saturated rings. The van der Waals surface area contributed by atoms with Gasteiger partial charge in [0.05, 0.1) is 13.2 Å². The van der Waals surface area contributed by atoms with Crippen molar-refractivity contribution in [2.45, 2.75) is 13.8 Å². The fraction of sp³-hybridized carbons (Fsp3) is 1.00. The molecule has 1 N–H and O–H groups in total. The van der Waals surface area contributed by atoms with E-state index in [1.165, 1.54) is 0 Å². The zero-order valence-electron chi connectivity index (χ0n) is 6.14. The first-order valence-corrected chi connectivity index (χ1v) is 3.60. The average molecular weight is 160 g/mol. The molecule has 0 spiro atoms. The maximum Gasteiger partial charge on any atom is 0.173 e. The molecule has 5 heteroatoms. The summed E-state index contributed by atoms with van der Waals surface area (Å²) < 4.78 is 16.5. The van der Waals surface area contributed by atoms with Crippen molar-refractivity contribution < 1.29 is 8.37 Å². The molecule has 0 bridgehead atoms. The molecule has 0 aliphatic carbocycles. The van der Waals surface area contributed by atoms with Crippen LogP contribution < -0.4 is 0 Å². The van der Waals surface area contributed by atoms with Gasteiger partial charge in [0.2, 0.25) is 0 Å². The number of rotatable bonds is 4. The molecule has 0 saturated carbocycles. The van der Waals surface area contributed by atoms with Crippen LogP contribution in [0.3, 0.4) is 0 Å². The molecule has 0 aromatic rings. The molecular weight excluding hydrogens is 149 g/mol. The van der Waals surface area contributed by atoms with Crippen molar-refractivity contribution in [2.75, 3.05) is 13.2 Å². The summed E-state index contributed by atoms with van der Waals surface area (Å²) in [5.41, 5.74) is 0. The van der Waals surface area contributed by atoms with E-state index in [2.05, 4.69) is 0 Å². The summed E-state index contributed by atoms with van der Waals surface area (Å²) >= 11 is -1.02. The Balaban J connectivity index is 0. The zero-order valence-corrected chi connectivity index (χ0v) is 8.96. The second-order valence-corrected chi connectivity index (χ2v) is 1.99. The van der Waals surface area contributed by atoms with Crippen molar-refractivity contribution in [3.8, 4) is 0 Å². The minimum absolute atomic E-state index is 0. The quantitative estimate of drug-likeness (QED) is 0.620. The summed E-state index contributed by atoms with van der Waals surface area (Å²) in [6, 6.07) is 0. The summed E-state index contributed by atoms with van der Waals surface area (Å²) in [4.78, 5) is 0. The van der Waals surface area contributed by atoms with Crippen LogP contribution in [0.15, 0.2) is 0 Å². The molecule has 0 heterocycles. The van der Waals surface area contributed by atoms with Gasteiger partial charge in [-0.05, 0) is 13.8 Å². The Kier molecular flexibility index (Phi) is 12.8. The summed E-state index contributed by atoms with van der Waals surface area (Å²) in [5, 5.41) is 0. The average Bonchev–Trinajstić information content (AvgIpc) is 1.68. The van der Waals surface area contributed by atoms with Gasteiger partial charge >= 0.3 is 0 Å². The molecule has 0 aliphatic rings. The molecule has 3 nitrogen and oxygen atoms in total. The first-order valence-electron chi connectivity index (χ1n) is 2.53. The summed E-state index contributed by atoms with van der Waals surface area (Å²) in [6.45, 7) is 4.78. The summed E-state index contributed by atoms with van der Waals surface area (Å²) in [5.74, 6) is 0. The van der Waals surface area contributed by atoms with E-state index in [4.69, 9.17) is 13.1 Å². The Morgan fingerprint density at radius 2 is 1.56 bits per heavy atom. The van der Waals surface area contributed by atoms with Gasteiger partial charge in [-0.2, -0.15) is 0 Å². The first-order chi connectivity index (χ1) is 3.81. The standard InChI is InChI=1S/C4H11NO2S.Na/c1-3-6-8(5)7-4-2;/h5H,3-4H2,1-2H3;. The second-order valence-electron chi connectivity index (χ2n) is 1.05. The van der Waals surface area contributed by atoms with E-state index in [-0.39, 0.29) is 29.6 Å². The monoisotopic (exact) mass is 160 g/mol. The van der Waals surface area contributed by atoms with E-state index >= 15 is 0 Å². The third kappa shape index (κ3) is 9.07. The zero-order chi connectivity index (χ0) is 6.41. The SMILES string of the molecule is CCOS(=N)OCC.[Na]. The molecule has 1 radical (unpaired) electrons. The molecule has 0 saturated heterocycles. The van der Waals surface area contributed by atoms with Crippen LogP contribution in [0, 0.1) is 4.78 Å². The molecule has 0 aromatic heterocycles. The Labute approximate surface area is 80.7 Å². The molecule has 0 aromatic carbocycles. The second kappa shape index (κ2) is 9.07. The summed E-state index contributed by atoms with van der Waals surface area (Å²) in [7, 11) is 0. The number of hydrogen-bond donors (Lipinski definition) is 1. The van der Waals surface area contributed by atoms with Gasteiger partial charge in [0.25, 0.3) is 0 Å². The predicted molar refractivity (Wildman–Crippen MR) is 39.1 cm³/mol. The van der Waals surface area contributed by atoms with Crippen molar-refractivity contribution in [3.63, 3.8) is 0 Å². The first kappa shape index (κ1) is 12.7. The Morgan fingerprint density at radius 3 is 1.78 bits per heavy atom. The Hall–Kier alpha value is 1.07. The molecule has 0 unspecified atom stereocenters. The van der Waals surface area contributed by atoms with Crippen LogP contribution in [0.25, 0.3) is 0 Å². The largest absolute Gasteiger partial charge is 0.285 e. The fourth-order valence-electron chi connectivity index (χ4n) is 0.248. The Bertz CT molecular complexity index is 73.0. The van der Waals surface area contributed by atoms with Gasteiger partial charge in [0.15, 0.2) is 11.3 Å². The third-order valence-corrected chi connectivity index (χ3v) is 1.35. The van der Waals surface area contributed by atoms with Crippen LogP contribution >= 0.6 is 0 Å². The number of hydrogen-bond acceptors (Lipinski definition) is 3. The van der Waals surface area contributed by atoms with E-state index in [9.17, 15) is 0 Å². The molecule has 0 aliphatic heterocycles. The fourth-order valence-corrected chi connectivity index (χ4v) is 0.744. The van der Waals surface area contributed by atoms with Gasteiger partial charge in [-0.25, -0.2) is 4.78 Å². The van der Waals surface area contributed by atoms with Crippen LogP contribution in [0.4, 0.5) is 0 Å². The van der Waals surface area contributed by atoms with Gasteiger partial charge in [-0.1, -0.05) is 0 Å². The topological polar surface area (TPSA) is 42.3 Å². The molecule has 0 amide bonds. The van der Waals surface area contributed by atoms with Gasteiger partial charge < -0.3 is 0 Å². The molecule has 0 rings (SSSR count). The summed E-state index contributed by atoms with van der Waals surface area (Å²) in [6.07, 6.45) is 0.